The first-order valence-corrected chi connectivity index (χ1v) is 11.2. The summed E-state index contributed by atoms with van der Waals surface area (Å²) >= 11 is 6.33. The molecule has 12 heteroatoms. The number of carbonyl (C=O) groups is 1. The third kappa shape index (κ3) is 4.08. The summed E-state index contributed by atoms with van der Waals surface area (Å²) in [6.45, 7) is 0.514. The molecular formula is C23H21ClFN7O3. The molecule has 35 heavy (non-hydrogen) atoms. The van der Waals surface area contributed by atoms with Crippen LogP contribution >= 0.6 is 11.6 Å². The molecule has 180 valence electrons. The van der Waals surface area contributed by atoms with Gasteiger partial charge in [0.05, 0.1) is 48.8 Å². The summed E-state index contributed by atoms with van der Waals surface area (Å²) in [4.78, 5) is 21.4. The van der Waals surface area contributed by atoms with E-state index in [0.29, 0.717) is 46.4 Å². The zero-order valence-electron chi connectivity index (χ0n) is 18.9. The predicted molar refractivity (Wildman–Crippen MR) is 124 cm³/mol. The second-order valence-electron chi connectivity index (χ2n) is 7.84. The van der Waals surface area contributed by atoms with Crippen LogP contribution in [0.15, 0.2) is 42.7 Å². The number of nitrogens with one attached hydrogen (secondary N) is 1. The summed E-state index contributed by atoms with van der Waals surface area (Å²) in [7, 11) is 2.87. The Morgan fingerprint density at radius 2 is 2.00 bits per heavy atom. The molecule has 1 aliphatic rings. The normalized spacial score (nSPS) is 15.4. The van der Waals surface area contributed by atoms with Gasteiger partial charge in [-0.3, -0.25) is 9.89 Å². The van der Waals surface area contributed by atoms with Crippen LogP contribution in [0.25, 0.3) is 17.1 Å². The van der Waals surface area contributed by atoms with E-state index in [9.17, 15) is 9.18 Å². The van der Waals surface area contributed by atoms with Gasteiger partial charge in [0.2, 0.25) is 0 Å². The molecule has 1 aliphatic heterocycles. The minimum atomic E-state index is -0.509. The van der Waals surface area contributed by atoms with E-state index in [1.54, 1.807) is 29.2 Å². The molecule has 4 aromatic rings. The Labute approximate surface area is 204 Å². The smallest absolute Gasteiger partial charge is 0.256 e. The summed E-state index contributed by atoms with van der Waals surface area (Å²) in [5.74, 6) is 0.437. The van der Waals surface area contributed by atoms with Crippen molar-refractivity contribution in [2.45, 2.75) is 18.9 Å². The highest BCUT2D eigenvalue weighted by Gasteiger charge is 2.35. The fraction of sp³-hybridized carbons (Fsp3) is 0.261. The van der Waals surface area contributed by atoms with E-state index in [-0.39, 0.29) is 23.5 Å². The monoisotopic (exact) mass is 497 g/mol. The number of hydrogen-bond acceptors (Lipinski definition) is 7. The van der Waals surface area contributed by atoms with Crippen molar-refractivity contribution < 1.29 is 18.7 Å². The van der Waals surface area contributed by atoms with Crippen LogP contribution < -0.4 is 9.47 Å². The van der Waals surface area contributed by atoms with Crippen molar-refractivity contribution >= 4 is 17.5 Å². The minimum Gasteiger partial charge on any atom is -0.495 e. The average Bonchev–Trinajstić information content (AvgIpc) is 3.64. The number of ether oxygens (including phenoxy) is 2. The van der Waals surface area contributed by atoms with Crippen LogP contribution in [0, 0.1) is 5.82 Å². The molecule has 0 radical (unpaired) electrons. The van der Waals surface area contributed by atoms with E-state index in [0.717, 1.165) is 6.42 Å². The number of benzene rings is 2. The molecule has 2 aromatic carbocycles. The number of amides is 1. The highest BCUT2D eigenvalue weighted by Crippen LogP contribution is 2.37. The molecule has 2 aromatic heterocycles. The van der Waals surface area contributed by atoms with Crippen LogP contribution in [-0.2, 0) is 0 Å². The Bertz CT molecular complexity index is 1380. The van der Waals surface area contributed by atoms with Gasteiger partial charge in [-0.1, -0.05) is 17.7 Å². The first kappa shape index (κ1) is 22.8. The molecule has 1 fully saturated rings. The maximum absolute atomic E-state index is 14.2. The SMILES string of the molecule is COc1cc(C(=O)N2CCCC2c2nc(-c3cccc(F)c3OC)n[nH]2)c(-n2nccn2)cc1Cl. The Morgan fingerprint density at radius 3 is 2.74 bits per heavy atom. The zero-order chi connectivity index (χ0) is 24.5. The van der Waals surface area contributed by atoms with Gasteiger partial charge in [0.15, 0.2) is 17.4 Å². The van der Waals surface area contributed by atoms with Gasteiger partial charge in [0.25, 0.3) is 5.91 Å². The van der Waals surface area contributed by atoms with Crippen LogP contribution in [0.5, 0.6) is 11.5 Å². The summed E-state index contributed by atoms with van der Waals surface area (Å²) < 4.78 is 24.7. The molecule has 5 rings (SSSR count). The van der Waals surface area contributed by atoms with Gasteiger partial charge in [-0.25, -0.2) is 9.37 Å². The molecular weight excluding hydrogens is 477 g/mol. The molecule has 0 spiro atoms. The van der Waals surface area contributed by atoms with E-state index >= 15 is 0 Å². The third-order valence-corrected chi connectivity index (χ3v) is 6.17. The number of hydrogen-bond donors (Lipinski definition) is 1. The van der Waals surface area contributed by atoms with E-state index in [1.807, 2.05) is 0 Å². The maximum atomic E-state index is 14.2. The van der Waals surface area contributed by atoms with Crippen molar-refractivity contribution in [3.63, 3.8) is 0 Å². The fourth-order valence-corrected chi connectivity index (χ4v) is 4.50. The number of rotatable bonds is 6. The van der Waals surface area contributed by atoms with Crippen LogP contribution in [0.3, 0.4) is 0 Å². The first-order chi connectivity index (χ1) is 17.0. The van der Waals surface area contributed by atoms with E-state index in [4.69, 9.17) is 21.1 Å². The van der Waals surface area contributed by atoms with Crippen molar-refractivity contribution in [2.75, 3.05) is 20.8 Å². The zero-order valence-corrected chi connectivity index (χ0v) is 19.7. The molecule has 0 bridgehead atoms. The topological polar surface area (TPSA) is 111 Å². The number of likely N-dealkylation sites (tertiary alicyclic amines) is 1. The number of aromatic amines is 1. The lowest BCUT2D eigenvalue weighted by atomic mass is 10.1. The van der Waals surface area contributed by atoms with Gasteiger partial charge >= 0.3 is 0 Å². The maximum Gasteiger partial charge on any atom is 0.256 e. The number of halogens is 2. The lowest BCUT2D eigenvalue weighted by Gasteiger charge is -2.24. The standard InChI is InChI=1S/C23H21ClFN7O3/c1-34-19-11-14(18(12-15(19)24)32-26-8-9-27-32)23(33)31-10-4-7-17(31)22-28-21(29-30-22)13-5-3-6-16(25)20(13)35-2/h3,5-6,8-9,11-12,17H,4,7,10H2,1-2H3,(H,28,29,30). The summed E-state index contributed by atoms with van der Waals surface area (Å²) in [5.41, 5.74) is 1.18. The molecule has 1 N–H and O–H groups in total. The van der Waals surface area contributed by atoms with Crippen molar-refractivity contribution in [2.24, 2.45) is 0 Å². The van der Waals surface area contributed by atoms with Crippen molar-refractivity contribution in [1.82, 2.24) is 35.1 Å². The molecule has 10 nitrogen and oxygen atoms in total. The van der Waals surface area contributed by atoms with Crippen molar-refractivity contribution in [3.05, 3.63) is 65.0 Å². The Morgan fingerprint density at radius 1 is 1.20 bits per heavy atom. The second kappa shape index (κ2) is 9.34. The quantitative estimate of drug-likeness (QED) is 0.431. The van der Waals surface area contributed by atoms with Crippen LogP contribution in [0.2, 0.25) is 5.02 Å². The number of methoxy groups -OCH3 is 2. The third-order valence-electron chi connectivity index (χ3n) is 5.88. The molecule has 3 heterocycles. The van der Waals surface area contributed by atoms with E-state index < -0.39 is 5.82 Å². The molecule has 0 aliphatic carbocycles. The van der Waals surface area contributed by atoms with Gasteiger partial charge in [0, 0.05) is 6.54 Å². The molecule has 1 unspecified atom stereocenters. The second-order valence-corrected chi connectivity index (χ2v) is 8.25. The van der Waals surface area contributed by atoms with E-state index in [1.165, 1.54) is 37.5 Å². The molecule has 1 saturated heterocycles. The Kier molecular flexibility index (Phi) is 6.08. The lowest BCUT2D eigenvalue weighted by molar-refractivity contribution is 0.0729. The summed E-state index contributed by atoms with van der Waals surface area (Å²) in [6, 6.07) is 7.37. The van der Waals surface area contributed by atoms with Crippen molar-refractivity contribution in [3.8, 4) is 28.6 Å². The summed E-state index contributed by atoms with van der Waals surface area (Å²) in [6.07, 6.45) is 4.49. The predicted octanol–water partition coefficient (Wildman–Crippen LogP) is 3.84. The highest BCUT2D eigenvalue weighted by molar-refractivity contribution is 6.32. The van der Waals surface area contributed by atoms with Crippen LogP contribution in [-0.4, -0.2) is 61.7 Å². The largest absolute Gasteiger partial charge is 0.495 e. The number of H-pyrrole nitrogens is 1. The highest BCUT2D eigenvalue weighted by atomic mass is 35.5. The average molecular weight is 498 g/mol. The number of nitrogens with zero attached hydrogens (tertiary/aromatic N) is 6. The van der Waals surface area contributed by atoms with Crippen LogP contribution in [0.4, 0.5) is 4.39 Å². The van der Waals surface area contributed by atoms with Gasteiger partial charge in [0.1, 0.15) is 17.3 Å². The van der Waals surface area contributed by atoms with Gasteiger partial charge in [-0.15, -0.1) is 0 Å². The molecule has 1 amide bonds. The number of aromatic nitrogens is 6. The first-order valence-electron chi connectivity index (χ1n) is 10.8. The number of carbonyl (C=O) groups excluding carboxylic acids is 1. The fourth-order valence-electron chi connectivity index (χ4n) is 4.26. The van der Waals surface area contributed by atoms with Gasteiger partial charge in [-0.05, 0) is 37.1 Å². The summed E-state index contributed by atoms with van der Waals surface area (Å²) in [5, 5.41) is 15.8. The Hall–Kier alpha value is -3.99. The van der Waals surface area contributed by atoms with Gasteiger partial charge < -0.3 is 14.4 Å². The molecule has 1 atom stereocenters. The minimum absolute atomic E-state index is 0.0574. The van der Waals surface area contributed by atoms with Gasteiger partial charge in [-0.2, -0.15) is 20.1 Å². The molecule has 0 saturated carbocycles. The number of para-hydroxylation sites is 1. The van der Waals surface area contributed by atoms with Crippen molar-refractivity contribution in [1.29, 1.82) is 0 Å². The van der Waals surface area contributed by atoms with E-state index in [2.05, 4.69) is 25.4 Å². The van der Waals surface area contributed by atoms with Crippen LogP contribution in [0.1, 0.15) is 35.1 Å². The Balaban J connectivity index is 1.50. The lowest BCUT2D eigenvalue weighted by Crippen LogP contribution is -2.32.